The van der Waals surface area contributed by atoms with E-state index in [0.29, 0.717) is 0 Å². The Kier molecular flexibility index (Phi) is 4.99. The fourth-order valence-corrected chi connectivity index (χ4v) is 2.31. The fraction of sp³-hybridized carbons (Fsp3) is 0.250. The third kappa shape index (κ3) is 3.76. The van der Waals surface area contributed by atoms with Gasteiger partial charge >= 0.3 is 0 Å². The van der Waals surface area contributed by atoms with Gasteiger partial charge in [0.25, 0.3) is 0 Å². The molecule has 0 radical (unpaired) electrons. The van der Waals surface area contributed by atoms with Crippen LogP contribution in [-0.2, 0) is 0 Å². The standard InChI is InChI=1S/C12H14OS2/c1-9-5-4-6-10(7-9)11(13)8-12(14-2)15-3/h4-8H,1-3H3. The maximum Gasteiger partial charge on any atom is 0.187 e. The first-order valence-corrected chi connectivity index (χ1v) is 7.03. The van der Waals surface area contributed by atoms with Gasteiger partial charge in [-0.25, -0.2) is 0 Å². The van der Waals surface area contributed by atoms with Crippen LogP contribution >= 0.6 is 23.5 Å². The highest BCUT2D eigenvalue weighted by Crippen LogP contribution is 2.23. The van der Waals surface area contributed by atoms with E-state index >= 15 is 0 Å². The van der Waals surface area contributed by atoms with E-state index in [2.05, 4.69) is 0 Å². The predicted octanol–water partition coefficient (Wildman–Crippen LogP) is 3.75. The molecule has 3 heteroatoms. The molecule has 0 spiro atoms. The first kappa shape index (κ1) is 12.4. The minimum absolute atomic E-state index is 0.0809. The summed E-state index contributed by atoms with van der Waals surface area (Å²) in [7, 11) is 0. The van der Waals surface area contributed by atoms with Crippen molar-refractivity contribution in [1.82, 2.24) is 0 Å². The van der Waals surface area contributed by atoms with Crippen LogP contribution in [0.3, 0.4) is 0 Å². The Morgan fingerprint density at radius 2 is 1.93 bits per heavy atom. The number of thioether (sulfide) groups is 2. The minimum Gasteiger partial charge on any atom is -0.289 e. The van der Waals surface area contributed by atoms with Gasteiger partial charge in [-0.1, -0.05) is 23.8 Å². The maximum atomic E-state index is 11.8. The molecule has 1 aromatic carbocycles. The molecule has 0 bridgehead atoms. The summed E-state index contributed by atoms with van der Waals surface area (Å²) < 4.78 is 1.04. The van der Waals surface area contributed by atoms with Crippen LogP contribution in [0.25, 0.3) is 0 Å². The molecule has 0 aliphatic rings. The summed E-state index contributed by atoms with van der Waals surface area (Å²) in [5.41, 5.74) is 1.87. The Bertz CT molecular complexity index is 377. The van der Waals surface area contributed by atoms with Crippen molar-refractivity contribution < 1.29 is 4.79 Å². The molecule has 1 nitrogen and oxygen atoms in total. The van der Waals surface area contributed by atoms with Crippen LogP contribution in [0.1, 0.15) is 15.9 Å². The summed E-state index contributed by atoms with van der Waals surface area (Å²) in [5.74, 6) is 0.0809. The van der Waals surface area contributed by atoms with Crippen LogP contribution in [0.15, 0.2) is 34.6 Å². The molecular weight excluding hydrogens is 224 g/mol. The lowest BCUT2D eigenvalue weighted by Crippen LogP contribution is -1.95. The van der Waals surface area contributed by atoms with Crippen LogP contribution < -0.4 is 0 Å². The summed E-state index contributed by atoms with van der Waals surface area (Å²) in [5, 5.41) is 0. The molecule has 0 aliphatic heterocycles. The Hall–Kier alpha value is -0.670. The second kappa shape index (κ2) is 6.03. The summed E-state index contributed by atoms with van der Waals surface area (Å²) in [6.07, 6.45) is 5.65. The number of aryl methyl sites for hydroxylation is 1. The molecule has 0 atom stereocenters. The monoisotopic (exact) mass is 238 g/mol. The second-order valence-electron chi connectivity index (χ2n) is 3.11. The zero-order valence-electron chi connectivity index (χ0n) is 9.11. The van der Waals surface area contributed by atoms with Crippen LogP contribution in [0.5, 0.6) is 0 Å². The predicted molar refractivity (Wildman–Crippen MR) is 70.6 cm³/mol. The summed E-state index contributed by atoms with van der Waals surface area (Å²) in [6.45, 7) is 1.99. The first-order valence-electron chi connectivity index (χ1n) is 4.58. The van der Waals surface area contributed by atoms with E-state index in [-0.39, 0.29) is 5.78 Å². The van der Waals surface area contributed by atoms with Gasteiger partial charge in [0.2, 0.25) is 0 Å². The average molecular weight is 238 g/mol. The van der Waals surface area contributed by atoms with E-state index in [0.717, 1.165) is 15.4 Å². The quantitative estimate of drug-likeness (QED) is 0.587. The molecule has 0 aromatic heterocycles. The molecule has 0 N–H and O–H groups in total. The van der Waals surface area contributed by atoms with Gasteiger partial charge in [0.15, 0.2) is 5.78 Å². The smallest absolute Gasteiger partial charge is 0.187 e. The number of hydrogen-bond donors (Lipinski definition) is 0. The lowest BCUT2D eigenvalue weighted by molar-refractivity contribution is 0.104. The van der Waals surface area contributed by atoms with Gasteiger partial charge in [0, 0.05) is 15.9 Å². The molecule has 15 heavy (non-hydrogen) atoms. The number of benzene rings is 1. The number of allylic oxidation sites excluding steroid dienone is 1. The highest BCUT2D eigenvalue weighted by molar-refractivity contribution is 8.21. The molecule has 0 saturated heterocycles. The zero-order valence-corrected chi connectivity index (χ0v) is 10.7. The number of rotatable bonds is 4. The lowest BCUT2D eigenvalue weighted by atomic mass is 10.1. The number of carbonyl (C=O) groups excluding carboxylic acids is 1. The lowest BCUT2D eigenvalue weighted by Gasteiger charge is -2.00. The van der Waals surface area contributed by atoms with Gasteiger partial charge in [-0.15, -0.1) is 23.5 Å². The van der Waals surface area contributed by atoms with Gasteiger partial charge in [0.05, 0.1) is 0 Å². The van der Waals surface area contributed by atoms with Crippen LogP contribution in [-0.4, -0.2) is 18.3 Å². The van der Waals surface area contributed by atoms with E-state index in [4.69, 9.17) is 0 Å². The summed E-state index contributed by atoms with van der Waals surface area (Å²) >= 11 is 3.20. The minimum atomic E-state index is 0.0809. The van der Waals surface area contributed by atoms with Crippen LogP contribution in [0, 0.1) is 6.92 Å². The third-order valence-corrected chi connectivity index (χ3v) is 3.99. The van der Waals surface area contributed by atoms with Crippen LogP contribution in [0.2, 0.25) is 0 Å². The SMILES string of the molecule is CSC(=CC(=O)c1cccc(C)c1)SC. The van der Waals surface area contributed by atoms with Crippen molar-refractivity contribution >= 4 is 29.3 Å². The van der Waals surface area contributed by atoms with E-state index in [1.807, 2.05) is 43.7 Å². The largest absolute Gasteiger partial charge is 0.289 e. The molecule has 0 fully saturated rings. The van der Waals surface area contributed by atoms with Crippen molar-refractivity contribution in [2.24, 2.45) is 0 Å². The van der Waals surface area contributed by atoms with Gasteiger partial charge in [-0.2, -0.15) is 0 Å². The Balaban J connectivity index is 2.90. The number of carbonyl (C=O) groups is 1. The Morgan fingerprint density at radius 3 is 2.47 bits per heavy atom. The fourth-order valence-electron chi connectivity index (χ4n) is 1.19. The molecule has 0 unspecified atom stereocenters. The van der Waals surface area contributed by atoms with Crippen molar-refractivity contribution in [3.63, 3.8) is 0 Å². The van der Waals surface area contributed by atoms with Crippen molar-refractivity contribution in [1.29, 1.82) is 0 Å². The molecule has 1 aromatic rings. The highest BCUT2D eigenvalue weighted by Gasteiger charge is 2.03. The second-order valence-corrected chi connectivity index (χ2v) is 5.06. The third-order valence-electron chi connectivity index (χ3n) is 1.95. The average Bonchev–Trinajstić information content (AvgIpc) is 2.25. The Labute approximate surface area is 99.3 Å². The number of ketones is 1. The molecule has 0 aliphatic carbocycles. The van der Waals surface area contributed by atoms with Crippen molar-refractivity contribution in [2.45, 2.75) is 6.92 Å². The first-order chi connectivity index (χ1) is 7.17. The Morgan fingerprint density at radius 1 is 1.27 bits per heavy atom. The molecule has 80 valence electrons. The van der Waals surface area contributed by atoms with Crippen molar-refractivity contribution in [3.05, 3.63) is 45.7 Å². The van der Waals surface area contributed by atoms with Gasteiger partial charge in [-0.05, 0) is 25.5 Å². The van der Waals surface area contributed by atoms with E-state index < -0.39 is 0 Å². The number of hydrogen-bond acceptors (Lipinski definition) is 3. The van der Waals surface area contributed by atoms with E-state index in [1.165, 1.54) is 0 Å². The van der Waals surface area contributed by atoms with Gasteiger partial charge in [0.1, 0.15) is 0 Å². The molecule has 0 heterocycles. The van der Waals surface area contributed by atoms with Gasteiger partial charge in [-0.3, -0.25) is 4.79 Å². The summed E-state index contributed by atoms with van der Waals surface area (Å²) in [4.78, 5) is 11.8. The van der Waals surface area contributed by atoms with E-state index in [1.54, 1.807) is 29.6 Å². The highest BCUT2D eigenvalue weighted by atomic mass is 32.2. The van der Waals surface area contributed by atoms with Gasteiger partial charge < -0.3 is 0 Å². The molecular formula is C12H14OS2. The van der Waals surface area contributed by atoms with Crippen molar-refractivity contribution in [3.8, 4) is 0 Å². The maximum absolute atomic E-state index is 11.8. The van der Waals surface area contributed by atoms with E-state index in [9.17, 15) is 4.79 Å². The van der Waals surface area contributed by atoms with Crippen LogP contribution in [0.4, 0.5) is 0 Å². The normalized spacial score (nSPS) is 9.80. The molecule has 0 amide bonds. The molecule has 1 rings (SSSR count). The topological polar surface area (TPSA) is 17.1 Å². The molecule has 0 saturated carbocycles. The van der Waals surface area contributed by atoms with Crippen molar-refractivity contribution in [2.75, 3.05) is 12.5 Å². The zero-order chi connectivity index (χ0) is 11.3. The summed E-state index contributed by atoms with van der Waals surface area (Å²) in [6, 6.07) is 7.67.